The summed E-state index contributed by atoms with van der Waals surface area (Å²) in [6, 6.07) is 16.0. The second kappa shape index (κ2) is 9.96. The van der Waals surface area contributed by atoms with E-state index in [1.165, 1.54) is 5.56 Å². The van der Waals surface area contributed by atoms with Gasteiger partial charge >= 0.3 is 0 Å². The summed E-state index contributed by atoms with van der Waals surface area (Å²) in [6.45, 7) is 5.38. The molecule has 0 spiro atoms. The molecular formula is C24H28N4OS. The number of carbonyl (C=O) groups is 1. The first kappa shape index (κ1) is 20.7. The van der Waals surface area contributed by atoms with Crippen molar-refractivity contribution >= 4 is 17.2 Å². The topological polar surface area (TPSA) is 58.1 Å². The van der Waals surface area contributed by atoms with E-state index in [2.05, 4.69) is 57.4 Å². The summed E-state index contributed by atoms with van der Waals surface area (Å²) >= 11 is 1.61. The van der Waals surface area contributed by atoms with Crippen LogP contribution >= 0.6 is 11.3 Å². The van der Waals surface area contributed by atoms with Gasteiger partial charge in [0.1, 0.15) is 10.7 Å². The Balaban J connectivity index is 1.46. The van der Waals surface area contributed by atoms with Crippen molar-refractivity contribution in [2.24, 2.45) is 5.92 Å². The van der Waals surface area contributed by atoms with Crippen LogP contribution in [0.4, 0.5) is 0 Å². The van der Waals surface area contributed by atoms with Crippen molar-refractivity contribution in [1.82, 2.24) is 20.2 Å². The van der Waals surface area contributed by atoms with Crippen LogP contribution in [-0.4, -0.2) is 40.4 Å². The van der Waals surface area contributed by atoms with Gasteiger partial charge in [0.25, 0.3) is 5.91 Å². The lowest BCUT2D eigenvalue weighted by atomic mass is 9.89. The molecule has 0 saturated carbocycles. The van der Waals surface area contributed by atoms with Gasteiger partial charge in [0, 0.05) is 30.9 Å². The fourth-order valence-electron chi connectivity index (χ4n) is 4.29. The van der Waals surface area contributed by atoms with Crippen LogP contribution in [0.1, 0.15) is 52.8 Å². The van der Waals surface area contributed by atoms with E-state index in [9.17, 15) is 4.79 Å². The molecule has 0 aliphatic carbocycles. The number of aromatic nitrogens is 2. The lowest BCUT2D eigenvalue weighted by Crippen LogP contribution is -2.44. The molecule has 2 aromatic heterocycles. The maximum atomic E-state index is 12.8. The minimum atomic E-state index is -0.134. The molecule has 3 unspecified atom stereocenters. The number of hydrogen-bond acceptors (Lipinski definition) is 5. The molecule has 3 heterocycles. The molecule has 0 bridgehead atoms. The highest BCUT2D eigenvalue weighted by molar-refractivity contribution is 7.09. The predicted octanol–water partition coefficient (Wildman–Crippen LogP) is 4.52. The molecule has 5 nitrogen and oxygen atoms in total. The summed E-state index contributed by atoms with van der Waals surface area (Å²) in [4.78, 5) is 24.1. The zero-order valence-corrected chi connectivity index (χ0v) is 18.1. The van der Waals surface area contributed by atoms with Crippen molar-refractivity contribution in [3.05, 3.63) is 82.6 Å². The van der Waals surface area contributed by atoms with Gasteiger partial charge in [-0.2, -0.15) is 0 Å². The van der Waals surface area contributed by atoms with Crippen LogP contribution in [0.5, 0.6) is 0 Å². The predicted molar refractivity (Wildman–Crippen MR) is 121 cm³/mol. The monoisotopic (exact) mass is 420 g/mol. The highest BCUT2D eigenvalue weighted by Gasteiger charge is 2.32. The first-order chi connectivity index (χ1) is 14.7. The average molecular weight is 421 g/mol. The number of amides is 1. The van der Waals surface area contributed by atoms with Crippen molar-refractivity contribution < 1.29 is 4.79 Å². The lowest BCUT2D eigenvalue weighted by Gasteiger charge is -2.37. The van der Waals surface area contributed by atoms with Gasteiger partial charge in [-0.1, -0.05) is 43.3 Å². The molecule has 0 radical (unpaired) electrons. The molecule has 1 aromatic carbocycles. The SMILES string of the molecule is CC(CN1CCCC(C(NC(=O)c2ccccn2)c2nccs2)C1)c1ccccc1. The minimum absolute atomic E-state index is 0.0886. The van der Waals surface area contributed by atoms with E-state index in [0.717, 1.165) is 37.5 Å². The van der Waals surface area contributed by atoms with Crippen LogP contribution in [0.15, 0.2) is 66.3 Å². The van der Waals surface area contributed by atoms with E-state index < -0.39 is 0 Å². The molecule has 1 aliphatic rings. The quantitative estimate of drug-likeness (QED) is 0.610. The summed E-state index contributed by atoms with van der Waals surface area (Å²) in [5.41, 5.74) is 1.82. The van der Waals surface area contributed by atoms with E-state index in [1.54, 1.807) is 23.6 Å². The first-order valence-electron chi connectivity index (χ1n) is 10.6. The maximum Gasteiger partial charge on any atom is 0.270 e. The van der Waals surface area contributed by atoms with Crippen LogP contribution in [0.25, 0.3) is 0 Å². The lowest BCUT2D eigenvalue weighted by molar-refractivity contribution is 0.0874. The van der Waals surface area contributed by atoms with Gasteiger partial charge in [-0.25, -0.2) is 4.98 Å². The molecule has 156 valence electrons. The van der Waals surface area contributed by atoms with Crippen molar-refractivity contribution in [1.29, 1.82) is 0 Å². The van der Waals surface area contributed by atoms with E-state index in [1.807, 2.05) is 23.7 Å². The molecule has 30 heavy (non-hydrogen) atoms. The third kappa shape index (κ3) is 5.12. The second-order valence-corrected chi connectivity index (χ2v) is 8.94. The Hall–Kier alpha value is -2.57. The highest BCUT2D eigenvalue weighted by Crippen LogP contribution is 2.32. The summed E-state index contributed by atoms with van der Waals surface area (Å²) in [5, 5.41) is 6.18. The summed E-state index contributed by atoms with van der Waals surface area (Å²) < 4.78 is 0. The molecule has 1 saturated heterocycles. The van der Waals surface area contributed by atoms with E-state index in [4.69, 9.17) is 0 Å². The number of thiazole rings is 1. The number of pyridine rings is 1. The van der Waals surface area contributed by atoms with Crippen LogP contribution in [0.3, 0.4) is 0 Å². The van der Waals surface area contributed by atoms with Crippen molar-refractivity contribution in [3.63, 3.8) is 0 Å². The zero-order chi connectivity index (χ0) is 20.8. The number of rotatable bonds is 7. The average Bonchev–Trinajstić information content (AvgIpc) is 3.33. The van der Waals surface area contributed by atoms with Crippen LogP contribution in [0, 0.1) is 5.92 Å². The Morgan fingerprint density at radius 1 is 1.17 bits per heavy atom. The second-order valence-electron chi connectivity index (χ2n) is 8.01. The smallest absolute Gasteiger partial charge is 0.270 e. The third-order valence-corrected chi connectivity index (χ3v) is 6.67. The summed E-state index contributed by atoms with van der Waals surface area (Å²) in [5.74, 6) is 0.678. The number of carbonyl (C=O) groups excluding carboxylic acids is 1. The Morgan fingerprint density at radius 2 is 2.00 bits per heavy atom. The van der Waals surface area contributed by atoms with Gasteiger partial charge in [0.05, 0.1) is 6.04 Å². The van der Waals surface area contributed by atoms with Gasteiger partial charge in [0.15, 0.2) is 0 Å². The molecule has 4 rings (SSSR count). The van der Waals surface area contributed by atoms with Crippen LogP contribution < -0.4 is 5.32 Å². The number of nitrogens with zero attached hydrogens (tertiary/aromatic N) is 3. The Morgan fingerprint density at radius 3 is 2.73 bits per heavy atom. The number of likely N-dealkylation sites (tertiary alicyclic amines) is 1. The van der Waals surface area contributed by atoms with Gasteiger partial charge < -0.3 is 10.2 Å². The number of nitrogens with one attached hydrogen (secondary N) is 1. The standard InChI is InChI=1S/C24H28N4OS/c1-18(19-8-3-2-4-9-19)16-28-14-7-10-20(17-28)22(24-26-13-15-30-24)27-23(29)21-11-5-6-12-25-21/h2-6,8-9,11-13,15,18,20,22H,7,10,14,16-17H2,1H3,(H,27,29). The van der Waals surface area contributed by atoms with E-state index >= 15 is 0 Å². The summed E-state index contributed by atoms with van der Waals surface area (Å²) in [7, 11) is 0. The fraction of sp³-hybridized carbons (Fsp3) is 0.375. The third-order valence-electron chi connectivity index (χ3n) is 5.82. The van der Waals surface area contributed by atoms with Crippen LogP contribution in [0.2, 0.25) is 0 Å². The van der Waals surface area contributed by atoms with Crippen molar-refractivity contribution in [3.8, 4) is 0 Å². The number of benzene rings is 1. The Bertz CT molecular complexity index is 917. The first-order valence-corrected chi connectivity index (χ1v) is 11.5. The summed E-state index contributed by atoms with van der Waals surface area (Å²) in [6.07, 6.45) is 5.69. The molecule has 1 fully saturated rings. The van der Waals surface area contributed by atoms with Gasteiger partial charge in [-0.15, -0.1) is 11.3 Å². The van der Waals surface area contributed by atoms with E-state index in [-0.39, 0.29) is 11.9 Å². The number of hydrogen-bond donors (Lipinski definition) is 1. The van der Waals surface area contributed by atoms with Gasteiger partial charge in [-0.3, -0.25) is 9.78 Å². The largest absolute Gasteiger partial charge is 0.341 e. The fourth-order valence-corrected chi connectivity index (χ4v) is 5.07. The van der Waals surface area contributed by atoms with Gasteiger partial charge in [0.2, 0.25) is 0 Å². The molecule has 1 N–H and O–H groups in total. The minimum Gasteiger partial charge on any atom is -0.341 e. The van der Waals surface area contributed by atoms with Gasteiger partial charge in [-0.05, 0) is 48.9 Å². The Kier molecular flexibility index (Phi) is 6.87. The number of piperidine rings is 1. The zero-order valence-electron chi connectivity index (χ0n) is 17.3. The highest BCUT2D eigenvalue weighted by atomic mass is 32.1. The Labute approximate surface area is 182 Å². The molecule has 6 heteroatoms. The molecule has 1 aliphatic heterocycles. The van der Waals surface area contributed by atoms with Crippen molar-refractivity contribution in [2.45, 2.75) is 31.7 Å². The molecule has 1 amide bonds. The van der Waals surface area contributed by atoms with Crippen LogP contribution in [-0.2, 0) is 0 Å². The molecular weight excluding hydrogens is 392 g/mol. The van der Waals surface area contributed by atoms with Crippen molar-refractivity contribution in [2.75, 3.05) is 19.6 Å². The van der Waals surface area contributed by atoms with E-state index in [0.29, 0.717) is 17.5 Å². The maximum absolute atomic E-state index is 12.8. The normalized spacial score (nSPS) is 19.2. The molecule has 3 aromatic rings. The molecule has 3 atom stereocenters.